The number of carbonyl (C=O) groups excluding carboxylic acids is 2. The monoisotopic (exact) mass is 382 g/mol. The van der Waals surface area contributed by atoms with Gasteiger partial charge in [0.1, 0.15) is 17.5 Å². The molecule has 2 amide bonds. The number of hydrogen-bond acceptors (Lipinski definition) is 3. The van der Waals surface area contributed by atoms with Crippen LogP contribution >= 0.6 is 11.6 Å². The zero-order valence-corrected chi connectivity index (χ0v) is 16.1. The van der Waals surface area contributed by atoms with Gasteiger partial charge < -0.3 is 10.1 Å². The number of nitrogens with zero attached hydrogens (tertiary/aromatic N) is 1. The molecule has 2 fully saturated rings. The molecule has 0 bridgehead atoms. The zero-order chi connectivity index (χ0) is 19.2. The Morgan fingerprint density at radius 1 is 1.35 bits per heavy atom. The highest BCUT2D eigenvalue weighted by atomic mass is 35.5. The van der Waals surface area contributed by atoms with Crippen molar-refractivity contribution in [1.29, 1.82) is 0 Å². The Bertz CT molecular complexity index is 734. The number of amides is 2. The number of halogens is 2. The summed E-state index contributed by atoms with van der Waals surface area (Å²) >= 11 is 5.82. The molecule has 5 nitrogen and oxygen atoms in total. The molecular formula is C19H24ClFN2O3. The fourth-order valence-electron chi connectivity index (χ4n) is 3.51. The normalized spacial score (nSPS) is 25.5. The molecule has 2 unspecified atom stereocenters. The van der Waals surface area contributed by atoms with Crippen LogP contribution in [0.1, 0.15) is 52.1 Å². The molecule has 2 aliphatic rings. The van der Waals surface area contributed by atoms with E-state index in [1.165, 1.54) is 6.07 Å². The molecule has 1 aliphatic heterocycles. The predicted octanol–water partition coefficient (Wildman–Crippen LogP) is 4.05. The van der Waals surface area contributed by atoms with Crippen LogP contribution in [0.4, 0.5) is 9.18 Å². The summed E-state index contributed by atoms with van der Waals surface area (Å²) in [7, 11) is 0. The smallest absolute Gasteiger partial charge is 0.411 e. The summed E-state index contributed by atoms with van der Waals surface area (Å²) in [5.74, 6) is -0.494. The first kappa shape index (κ1) is 19.0. The highest BCUT2D eigenvalue weighted by Crippen LogP contribution is 2.48. The molecule has 1 aliphatic carbocycles. The van der Waals surface area contributed by atoms with E-state index in [0.29, 0.717) is 17.9 Å². The van der Waals surface area contributed by atoms with Crippen LogP contribution in [-0.4, -0.2) is 34.6 Å². The predicted molar refractivity (Wildman–Crippen MR) is 96.3 cm³/mol. The van der Waals surface area contributed by atoms with E-state index < -0.39 is 29.6 Å². The van der Waals surface area contributed by atoms with Gasteiger partial charge in [-0.1, -0.05) is 23.7 Å². The fraction of sp³-hybridized carbons (Fsp3) is 0.579. The first-order valence-electron chi connectivity index (χ1n) is 8.84. The van der Waals surface area contributed by atoms with Crippen molar-refractivity contribution in [3.63, 3.8) is 0 Å². The lowest BCUT2D eigenvalue weighted by molar-refractivity contribution is -0.126. The molecule has 0 aromatic heterocycles. The highest BCUT2D eigenvalue weighted by Gasteiger charge is 2.57. The minimum absolute atomic E-state index is 0.0149. The number of rotatable bonds is 3. The molecule has 1 aromatic rings. The topological polar surface area (TPSA) is 58.6 Å². The molecule has 3 rings (SSSR count). The Kier molecular flexibility index (Phi) is 4.90. The molecule has 7 heteroatoms. The van der Waals surface area contributed by atoms with Gasteiger partial charge in [0.25, 0.3) is 0 Å². The van der Waals surface area contributed by atoms with Gasteiger partial charge in [0.15, 0.2) is 0 Å². The van der Waals surface area contributed by atoms with Gasteiger partial charge in [0.2, 0.25) is 5.91 Å². The van der Waals surface area contributed by atoms with E-state index in [1.807, 2.05) is 0 Å². The Morgan fingerprint density at radius 2 is 2.04 bits per heavy atom. The number of nitrogens with one attached hydrogen (secondary N) is 1. The number of likely N-dealkylation sites (tertiary alicyclic amines) is 1. The van der Waals surface area contributed by atoms with E-state index in [4.69, 9.17) is 16.3 Å². The van der Waals surface area contributed by atoms with Crippen molar-refractivity contribution in [1.82, 2.24) is 10.2 Å². The maximum atomic E-state index is 14.2. The number of benzene rings is 1. The lowest BCUT2D eigenvalue weighted by Gasteiger charge is -2.30. The van der Waals surface area contributed by atoms with Gasteiger partial charge in [-0.05, 0) is 52.5 Å². The SMILES string of the molecule is C[C@@H](NC(=O)[C@@H]1CC2CC2N1C(=O)OC(C)(C)C)c1cccc(Cl)c1F. The van der Waals surface area contributed by atoms with E-state index in [-0.39, 0.29) is 17.0 Å². The molecule has 0 spiro atoms. The summed E-state index contributed by atoms with van der Waals surface area (Å²) in [6, 6.07) is 3.62. The van der Waals surface area contributed by atoms with E-state index in [2.05, 4.69) is 5.32 Å². The van der Waals surface area contributed by atoms with Gasteiger partial charge in [0.05, 0.1) is 11.1 Å². The van der Waals surface area contributed by atoms with Crippen molar-refractivity contribution >= 4 is 23.6 Å². The molecule has 0 radical (unpaired) electrons. The Balaban J connectivity index is 1.70. The quantitative estimate of drug-likeness (QED) is 0.857. The molecule has 1 N–H and O–H groups in total. The lowest BCUT2D eigenvalue weighted by Crippen LogP contribution is -2.49. The van der Waals surface area contributed by atoms with E-state index in [0.717, 1.165) is 6.42 Å². The highest BCUT2D eigenvalue weighted by molar-refractivity contribution is 6.30. The minimum atomic E-state index is -0.623. The van der Waals surface area contributed by atoms with E-state index >= 15 is 0 Å². The second-order valence-corrected chi connectivity index (χ2v) is 8.48. The zero-order valence-electron chi connectivity index (χ0n) is 15.4. The van der Waals surface area contributed by atoms with Crippen molar-refractivity contribution in [3.05, 3.63) is 34.6 Å². The standard InChI is InChI=1S/C19H24ClFN2O3/c1-10(12-6-5-7-13(20)16(12)21)22-17(24)15-9-11-8-14(11)23(15)18(25)26-19(2,3)4/h5-7,10-11,14-15H,8-9H2,1-4H3,(H,22,24)/t10-,11?,14?,15+/m1/s1. The summed E-state index contributed by atoms with van der Waals surface area (Å²) in [6.07, 6.45) is 1.05. The molecule has 1 saturated heterocycles. The van der Waals surface area contributed by atoms with Crippen molar-refractivity contribution < 1.29 is 18.7 Å². The van der Waals surface area contributed by atoms with Crippen LogP contribution in [-0.2, 0) is 9.53 Å². The largest absolute Gasteiger partial charge is 0.444 e. The number of fused-ring (bicyclic) bond motifs is 1. The lowest BCUT2D eigenvalue weighted by atomic mass is 10.1. The van der Waals surface area contributed by atoms with Crippen molar-refractivity contribution in [2.45, 2.75) is 64.3 Å². The van der Waals surface area contributed by atoms with E-state index in [9.17, 15) is 14.0 Å². The molecule has 1 heterocycles. The second kappa shape index (κ2) is 6.72. The van der Waals surface area contributed by atoms with Crippen LogP contribution in [0.25, 0.3) is 0 Å². The third-order valence-electron chi connectivity index (χ3n) is 4.82. The fourth-order valence-corrected chi connectivity index (χ4v) is 3.69. The van der Waals surface area contributed by atoms with Crippen LogP contribution in [0.15, 0.2) is 18.2 Å². The minimum Gasteiger partial charge on any atom is -0.444 e. The average molecular weight is 383 g/mol. The molecular weight excluding hydrogens is 359 g/mol. The van der Waals surface area contributed by atoms with Gasteiger partial charge >= 0.3 is 6.09 Å². The first-order chi connectivity index (χ1) is 12.1. The maximum Gasteiger partial charge on any atom is 0.411 e. The van der Waals surface area contributed by atoms with Crippen LogP contribution in [0, 0.1) is 11.7 Å². The van der Waals surface area contributed by atoms with Crippen molar-refractivity contribution in [3.8, 4) is 0 Å². The van der Waals surface area contributed by atoms with Crippen molar-refractivity contribution in [2.24, 2.45) is 5.92 Å². The Labute approximate surface area is 157 Å². The maximum absolute atomic E-state index is 14.2. The van der Waals surface area contributed by atoms with Gasteiger partial charge in [0, 0.05) is 11.6 Å². The summed E-state index contributed by atoms with van der Waals surface area (Å²) in [5.41, 5.74) is -0.305. The van der Waals surface area contributed by atoms with Gasteiger partial charge in [-0.3, -0.25) is 9.69 Å². The summed E-state index contributed by atoms with van der Waals surface area (Å²) < 4.78 is 19.6. The first-order valence-corrected chi connectivity index (χ1v) is 9.22. The Hall–Kier alpha value is -1.82. The average Bonchev–Trinajstić information content (AvgIpc) is 3.17. The van der Waals surface area contributed by atoms with Crippen LogP contribution in [0.2, 0.25) is 5.02 Å². The van der Waals surface area contributed by atoms with Crippen LogP contribution in [0.3, 0.4) is 0 Å². The number of hydrogen-bond donors (Lipinski definition) is 1. The Morgan fingerprint density at radius 3 is 2.69 bits per heavy atom. The summed E-state index contributed by atoms with van der Waals surface area (Å²) in [5, 5.41) is 2.82. The van der Waals surface area contributed by atoms with Gasteiger partial charge in [-0.25, -0.2) is 9.18 Å². The van der Waals surface area contributed by atoms with Gasteiger partial charge in [-0.15, -0.1) is 0 Å². The molecule has 26 heavy (non-hydrogen) atoms. The third-order valence-corrected chi connectivity index (χ3v) is 5.11. The molecule has 142 valence electrons. The summed E-state index contributed by atoms with van der Waals surface area (Å²) in [4.78, 5) is 26.8. The third kappa shape index (κ3) is 3.80. The van der Waals surface area contributed by atoms with Crippen LogP contribution < -0.4 is 5.32 Å². The summed E-state index contributed by atoms with van der Waals surface area (Å²) in [6.45, 7) is 7.08. The second-order valence-electron chi connectivity index (χ2n) is 8.08. The van der Waals surface area contributed by atoms with Crippen molar-refractivity contribution in [2.75, 3.05) is 0 Å². The molecule has 1 aromatic carbocycles. The van der Waals surface area contributed by atoms with Gasteiger partial charge in [-0.2, -0.15) is 0 Å². The number of piperidine rings is 1. The molecule has 4 atom stereocenters. The molecule has 1 saturated carbocycles. The van der Waals surface area contributed by atoms with Crippen LogP contribution in [0.5, 0.6) is 0 Å². The number of carbonyl (C=O) groups is 2. The number of ether oxygens (including phenoxy) is 1. The van der Waals surface area contributed by atoms with E-state index in [1.54, 1.807) is 44.7 Å².